The van der Waals surface area contributed by atoms with Gasteiger partial charge in [-0.05, 0) is 11.5 Å². The molecule has 0 saturated heterocycles. The van der Waals surface area contributed by atoms with Gasteiger partial charge in [0, 0.05) is 12.0 Å². The Kier molecular flexibility index (Phi) is 3.74. The van der Waals surface area contributed by atoms with Crippen molar-refractivity contribution in [1.29, 1.82) is 0 Å². The first-order valence-electron chi connectivity index (χ1n) is 4.46. The largest absolute Gasteiger partial charge is 0.303 e. The summed E-state index contributed by atoms with van der Waals surface area (Å²) >= 11 is 0. The van der Waals surface area contributed by atoms with E-state index in [1.54, 1.807) is 12.1 Å². The zero-order valence-electron chi connectivity index (χ0n) is 7.91. The maximum absolute atomic E-state index is 12.2. The van der Waals surface area contributed by atoms with Crippen LogP contribution in [-0.4, -0.2) is 6.29 Å². The molecule has 0 radical (unpaired) electrons. The summed E-state index contributed by atoms with van der Waals surface area (Å²) in [6, 6.07) is 6.11. The van der Waals surface area contributed by atoms with E-state index in [2.05, 4.69) is 0 Å². The molecule has 3 heteroatoms. The van der Waals surface area contributed by atoms with Crippen molar-refractivity contribution in [3.8, 4) is 0 Å². The second-order valence-corrected chi connectivity index (χ2v) is 3.27. The van der Waals surface area contributed by atoms with Crippen molar-refractivity contribution in [3.05, 3.63) is 35.4 Å². The van der Waals surface area contributed by atoms with Crippen LogP contribution in [-0.2, 0) is 4.79 Å². The summed E-state index contributed by atoms with van der Waals surface area (Å²) in [6.45, 7) is 1.89. The van der Waals surface area contributed by atoms with Crippen LogP contribution in [0.15, 0.2) is 24.3 Å². The highest BCUT2D eigenvalue weighted by molar-refractivity contribution is 5.51. The lowest BCUT2D eigenvalue weighted by Crippen LogP contribution is -1.94. The minimum Gasteiger partial charge on any atom is -0.303 e. The molecule has 0 aliphatic carbocycles. The van der Waals surface area contributed by atoms with Crippen molar-refractivity contribution >= 4 is 6.29 Å². The zero-order valence-corrected chi connectivity index (χ0v) is 7.91. The fourth-order valence-electron chi connectivity index (χ4n) is 1.25. The van der Waals surface area contributed by atoms with Gasteiger partial charge in [0.05, 0.1) is 0 Å². The lowest BCUT2D eigenvalue weighted by molar-refractivity contribution is -0.108. The Bertz CT molecular complexity index is 293. The molecule has 0 N–H and O–H groups in total. The number of hydrogen-bond donors (Lipinski definition) is 0. The molecule has 0 fully saturated rings. The van der Waals surface area contributed by atoms with E-state index in [1.165, 1.54) is 12.1 Å². The zero-order chi connectivity index (χ0) is 10.6. The number of aldehydes is 1. The summed E-state index contributed by atoms with van der Waals surface area (Å²) in [7, 11) is 0. The van der Waals surface area contributed by atoms with Gasteiger partial charge in [-0.2, -0.15) is 0 Å². The molecule has 0 aliphatic rings. The lowest BCUT2D eigenvalue weighted by atomic mass is 9.97. The van der Waals surface area contributed by atoms with Crippen molar-refractivity contribution in [2.24, 2.45) is 0 Å². The predicted molar refractivity (Wildman–Crippen MR) is 50.5 cm³/mol. The molecule has 1 unspecified atom stereocenters. The number of benzene rings is 1. The van der Waals surface area contributed by atoms with E-state index in [-0.39, 0.29) is 11.5 Å². The Morgan fingerprint density at radius 1 is 1.21 bits per heavy atom. The van der Waals surface area contributed by atoms with Crippen LogP contribution in [0, 0.1) is 0 Å². The molecular weight excluding hydrogens is 186 g/mol. The van der Waals surface area contributed by atoms with Crippen LogP contribution in [0.2, 0.25) is 0 Å². The van der Waals surface area contributed by atoms with Gasteiger partial charge >= 0.3 is 0 Å². The van der Waals surface area contributed by atoms with Crippen LogP contribution in [0.5, 0.6) is 0 Å². The van der Waals surface area contributed by atoms with Gasteiger partial charge in [0.2, 0.25) is 0 Å². The van der Waals surface area contributed by atoms with Crippen LogP contribution < -0.4 is 0 Å². The maximum Gasteiger partial charge on any atom is 0.263 e. The average molecular weight is 198 g/mol. The normalized spacial score (nSPS) is 12.9. The minimum absolute atomic E-state index is 0.0204. The quantitative estimate of drug-likeness (QED) is 0.678. The highest BCUT2D eigenvalue weighted by Gasteiger charge is 2.08. The first-order chi connectivity index (χ1) is 6.65. The molecule has 0 aliphatic heterocycles. The molecule has 1 rings (SSSR count). The number of carbonyl (C=O) groups excluding carboxylic acids is 1. The lowest BCUT2D eigenvalue weighted by Gasteiger charge is -2.08. The van der Waals surface area contributed by atoms with E-state index in [4.69, 9.17) is 0 Å². The van der Waals surface area contributed by atoms with Gasteiger partial charge in [-0.25, -0.2) is 8.78 Å². The summed E-state index contributed by atoms with van der Waals surface area (Å²) in [4.78, 5) is 10.2. The van der Waals surface area contributed by atoms with Crippen LogP contribution in [0.3, 0.4) is 0 Å². The second-order valence-electron chi connectivity index (χ2n) is 3.27. The molecule has 76 valence electrons. The van der Waals surface area contributed by atoms with Crippen LogP contribution >= 0.6 is 0 Å². The van der Waals surface area contributed by atoms with Crippen molar-refractivity contribution in [3.63, 3.8) is 0 Å². The predicted octanol–water partition coefficient (Wildman–Crippen LogP) is 3.32. The van der Waals surface area contributed by atoms with E-state index in [0.717, 1.165) is 11.8 Å². The number of carbonyl (C=O) groups is 1. The van der Waals surface area contributed by atoms with Crippen molar-refractivity contribution in [2.75, 3.05) is 0 Å². The standard InChI is InChI=1S/C11H12F2O/c1-8(6-7-14)9-2-4-10(5-3-9)11(12)13/h2-5,7-8,11H,6H2,1H3. The van der Waals surface area contributed by atoms with Crippen LogP contribution in [0.25, 0.3) is 0 Å². The van der Waals surface area contributed by atoms with Gasteiger partial charge in [0.25, 0.3) is 6.43 Å². The Labute approximate surface area is 81.7 Å². The van der Waals surface area contributed by atoms with Crippen molar-refractivity contribution in [2.45, 2.75) is 25.7 Å². The second kappa shape index (κ2) is 4.84. The Hall–Kier alpha value is -1.25. The third kappa shape index (κ3) is 2.62. The molecular formula is C11H12F2O. The Balaban J connectivity index is 2.77. The summed E-state index contributed by atoms with van der Waals surface area (Å²) < 4.78 is 24.4. The van der Waals surface area contributed by atoms with E-state index in [9.17, 15) is 13.6 Å². The number of halogens is 2. The molecule has 1 nitrogen and oxygen atoms in total. The van der Waals surface area contributed by atoms with Crippen molar-refractivity contribution < 1.29 is 13.6 Å². The van der Waals surface area contributed by atoms with Crippen LogP contribution in [0.1, 0.15) is 36.8 Å². The number of rotatable bonds is 4. The number of alkyl halides is 2. The summed E-state index contributed by atoms with van der Waals surface area (Å²) in [6.07, 6.45) is -1.16. The first-order valence-corrected chi connectivity index (χ1v) is 4.46. The molecule has 0 spiro atoms. The molecule has 0 saturated carbocycles. The molecule has 0 amide bonds. The number of hydrogen-bond acceptors (Lipinski definition) is 1. The first kappa shape index (κ1) is 10.8. The van der Waals surface area contributed by atoms with Gasteiger partial charge in [0.1, 0.15) is 6.29 Å². The fraction of sp³-hybridized carbons (Fsp3) is 0.364. The molecule has 1 atom stereocenters. The van der Waals surface area contributed by atoms with E-state index < -0.39 is 6.43 Å². The van der Waals surface area contributed by atoms with E-state index in [1.807, 2.05) is 6.92 Å². The highest BCUT2D eigenvalue weighted by Crippen LogP contribution is 2.23. The molecule has 0 heterocycles. The average Bonchev–Trinajstić information content (AvgIpc) is 2.18. The molecule has 1 aromatic rings. The van der Waals surface area contributed by atoms with Gasteiger partial charge in [-0.15, -0.1) is 0 Å². The van der Waals surface area contributed by atoms with E-state index in [0.29, 0.717) is 6.42 Å². The Morgan fingerprint density at radius 3 is 2.14 bits per heavy atom. The maximum atomic E-state index is 12.2. The third-order valence-corrected chi connectivity index (χ3v) is 2.21. The van der Waals surface area contributed by atoms with Crippen molar-refractivity contribution in [1.82, 2.24) is 0 Å². The molecule has 14 heavy (non-hydrogen) atoms. The summed E-state index contributed by atoms with van der Waals surface area (Å²) in [5.74, 6) is 0.0965. The topological polar surface area (TPSA) is 17.1 Å². The highest BCUT2D eigenvalue weighted by atomic mass is 19.3. The van der Waals surface area contributed by atoms with Gasteiger partial charge in [-0.1, -0.05) is 31.2 Å². The van der Waals surface area contributed by atoms with Gasteiger partial charge < -0.3 is 4.79 Å². The molecule has 0 bridgehead atoms. The van der Waals surface area contributed by atoms with E-state index >= 15 is 0 Å². The minimum atomic E-state index is -2.43. The summed E-state index contributed by atoms with van der Waals surface area (Å²) in [5, 5.41) is 0. The van der Waals surface area contributed by atoms with Gasteiger partial charge in [-0.3, -0.25) is 0 Å². The fourth-order valence-corrected chi connectivity index (χ4v) is 1.25. The van der Waals surface area contributed by atoms with Crippen LogP contribution in [0.4, 0.5) is 8.78 Å². The Morgan fingerprint density at radius 2 is 1.71 bits per heavy atom. The molecule has 0 aromatic heterocycles. The third-order valence-electron chi connectivity index (χ3n) is 2.21. The molecule has 1 aromatic carbocycles. The van der Waals surface area contributed by atoms with Gasteiger partial charge in [0.15, 0.2) is 0 Å². The monoisotopic (exact) mass is 198 g/mol. The smallest absolute Gasteiger partial charge is 0.263 e. The SMILES string of the molecule is CC(CC=O)c1ccc(C(F)F)cc1. The summed E-state index contributed by atoms with van der Waals surface area (Å²) in [5.41, 5.74) is 0.938.